The molecule has 0 spiro atoms. The molecule has 1 amide bonds. The van der Waals surface area contributed by atoms with Gasteiger partial charge in [-0.15, -0.1) is 0 Å². The average molecular weight is 275 g/mol. The van der Waals surface area contributed by atoms with Crippen molar-refractivity contribution in [2.45, 2.75) is 13.0 Å². The van der Waals surface area contributed by atoms with E-state index in [9.17, 15) is 4.79 Å². The van der Waals surface area contributed by atoms with E-state index in [0.29, 0.717) is 16.2 Å². The lowest BCUT2D eigenvalue weighted by atomic mass is 10.3. The van der Waals surface area contributed by atoms with Crippen LogP contribution in [-0.2, 0) is 4.79 Å². The number of aliphatic hydroxyl groups excluding tert-OH is 1. The summed E-state index contributed by atoms with van der Waals surface area (Å²) in [6.07, 6.45) is -1.05. The first-order valence-corrected chi connectivity index (χ1v) is 5.02. The Morgan fingerprint density at radius 2 is 2.33 bits per heavy atom. The molecule has 5 nitrogen and oxygen atoms in total. The van der Waals surface area contributed by atoms with Crippen molar-refractivity contribution in [2.75, 3.05) is 12.4 Å². The van der Waals surface area contributed by atoms with Gasteiger partial charge in [-0.05, 0) is 28.9 Å². The molecule has 0 aromatic carbocycles. The second kappa shape index (κ2) is 5.09. The Morgan fingerprint density at radius 1 is 1.67 bits per heavy atom. The van der Waals surface area contributed by atoms with E-state index < -0.39 is 12.0 Å². The standard InChI is InChI=1S/C9H11BrN2O3/c1-5(13)9(14)11-6-3-7(10)12-8(4-6)15-2/h3-5,13H,1-2H3,(H,11,12,14)/t5-/m0/s1. The van der Waals surface area contributed by atoms with Crippen molar-refractivity contribution in [3.05, 3.63) is 16.7 Å². The van der Waals surface area contributed by atoms with Crippen molar-refractivity contribution in [1.29, 1.82) is 0 Å². The molecule has 0 aliphatic carbocycles. The highest BCUT2D eigenvalue weighted by Crippen LogP contribution is 2.20. The van der Waals surface area contributed by atoms with E-state index in [4.69, 9.17) is 9.84 Å². The van der Waals surface area contributed by atoms with Gasteiger partial charge in [0.05, 0.1) is 7.11 Å². The maximum Gasteiger partial charge on any atom is 0.252 e. The van der Waals surface area contributed by atoms with Crippen LogP contribution < -0.4 is 10.1 Å². The molecule has 6 heteroatoms. The molecule has 0 radical (unpaired) electrons. The molecule has 0 saturated carbocycles. The number of methoxy groups -OCH3 is 1. The first-order valence-electron chi connectivity index (χ1n) is 4.23. The first kappa shape index (κ1) is 11.9. The summed E-state index contributed by atoms with van der Waals surface area (Å²) in [5.41, 5.74) is 0.514. The number of halogens is 1. The fraction of sp³-hybridized carbons (Fsp3) is 0.333. The molecule has 0 aliphatic rings. The first-order chi connectivity index (χ1) is 7.02. The van der Waals surface area contributed by atoms with Gasteiger partial charge in [0.15, 0.2) is 0 Å². The summed E-state index contributed by atoms with van der Waals surface area (Å²) < 4.78 is 5.47. The van der Waals surface area contributed by atoms with Crippen molar-refractivity contribution in [3.8, 4) is 5.88 Å². The van der Waals surface area contributed by atoms with E-state index >= 15 is 0 Å². The second-order valence-electron chi connectivity index (χ2n) is 2.89. The lowest BCUT2D eigenvalue weighted by Gasteiger charge is -2.08. The normalized spacial score (nSPS) is 12.0. The van der Waals surface area contributed by atoms with Crippen molar-refractivity contribution in [3.63, 3.8) is 0 Å². The predicted octanol–water partition coefficient (Wildman–Crippen LogP) is 1.17. The summed E-state index contributed by atoms with van der Waals surface area (Å²) in [7, 11) is 1.48. The van der Waals surface area contributed by atoms with Gasteiger partial charge in [-0.3, -0.25) is 4.79 Å². The maximum absolute atomic E-state index is 11.2. The number of nitrogens with one attached hydrogen (secondary N) is 1. The van der Waals surface area contributed by atoms with Crippen molar-refractivity contribution < 1.29 is 14.6 Å². The van der Waals surface area contributed by atoms with Gasteiger partial charge < -0.3 is 15.2 Å². The summed E-state index contributed by atoms with van der Waals surface area (Å²) in [6, 6.07) is 3.17. The quantitative estimate of drug-likeness (QED) is 0.812. The van der Waals surface area contributed by atoms with Crippen LogP contribution in [0.15, 0.2) is 16.7 Å². The summed E-state index contributed by atoms with van der Waals surface area (Å²) >= 11 is 3.18. The van der Waals surface area contributed by atoms with Crippen molar-refractivity contribution >= 4 is 27.5 Å². The molecule has 1 heterocycles. The molecule has 2 N–H and O–H groups in total. The number of aromatic nitrogens is 1. The fourth-order valence-electron chi connectivity index (χ4n) is 0.896. The predicted molar refractivity (Wildman–Crippen MR) is 58.8 cm³/mol. The van der Waals surface area contributed by atoms with Gasteiger partial charge >= 0.3 is 0 Å². The Kier molecular flexibility index (Phi) is 4.05. The van der Waals surface area contributed by atoms with Crippen LogP contribution in [0.2, 0.25) is 0 Å². The zero-order chi connectivity index (χ0) is 11.4. The number of nitrogens with zero attached hydrogens (tertiary/aromatic N) is 1. The number of anilines is 1. The van der Waals surface area contributed by atoms with Crippen LogP contribution >= 0.6 is 15.9 Å². The second-order valence-corrected chi connectivity index (χ2v) is 3.70. The van der Waals surface area contributed by atoms with Gasteiger partial charge in [0.2, 0.25) is 5.88 Å². The van der Waals surface area contributed by atoms with Gasteiger partial charge in [-0.1, -0.05) is 0 Å². The van der Waals surface area contributed by atoms with Crippen LogP contribution in [0.3, 0.4) is 0 Å². The van der Waals surface area contributed by atoms with Gasteiger partial charge in [0, 0.05) is 11.8 Å². The Hall–Kier alpha value is -1.14. The minimum absolute atomic E-state index is 0.380. The molecule has 82 valence electrons. The molecule has 15 heavy (non-hydrogen) atoms. The molecule has 0 aliphatic heterocycles. The molecule has 0 bridgehead atoms. The van der Waals surface area contributed by atoms with Gasteiger partial charge in [0.1, 0.15) is 10.7 Å². The summed E-state index contributed by atoms with van der Waals surface area (Å²) in [5, 5.41) is 11.5. The molecule has 0 fully saturated rings. The Morgan fingerprint density at radius 3 is 2.87 bits per heavy atom. The largest absolute Gasteiger partial charge is 0.481 e. The molecule has 1 aromatic heterocycles. The molecule has 1 rings (SSSR count). The summed E-state index contributed by atoms with van der Waals surface area (Å²) in [6.45, 7) is 1.39. The highest BCUT2D eigenvalue weighted by molar-refractivity contribution is 9.10. The van der Waals surface area contributed by atoms with Crippen molar-refractivity contribution in [2.24, 2.45) is 0 Å². The van der Waals surface area contributed by atoms with E-state index in [2.05, 4.69) is 26.2 Å². The van der Waals surface area contributed by atoms with E-state index in [0.717, 1.165) is 0 Å². The van der Waals surface area contributed by atoms with Crippen LogP contribution in [0.25, 0.3) is 0 Å². The smallest absolute Gasteiger partial charge is 0.252 e. The highest BCUT2D eigenvalue weighted by atomic mass is 79.9. The number of hydrogen-bond donors (Lipinski definition) is 2. The average Bonchev–Trinajstić information content (AvgIpc) is 2.16. The van der Waals surface area contributed by atoms with Gasteiger partial charge in [-0.2, -0.15) is 0 Å². The molecule has 1 atom stereocenters. The minimum Gasteiger partial charge on any atom is -0.481 e. The molecule has 0 saturated heterocycles. The minimum atomic E-state index is -1.05. The molecular weight excluding hydrogens is 264 g/mol. The summed E-state index contributed by atoms with van der Waals surface area (Å²) in [4.78, 5) is 15.2. The molecular formula is C9H11BrN2O3. The number of amides is 1. The van der Waals surface area contributed by atoms with Gasteiger partial charge in [0.25, 0.3) is 5.91 Å². The van der Waals surface area contributed by atoms with Crippen LogP contribution in [0.5, 0.6) is 5.88 Å². The third-order valence-electron chi connectivity index (χ3n) is 1.63. The van der Waals surface area contributed by atoms with Crippen LogP contribution in [0, 0.1) is 0 Å². The number of rotatable bonds is 3. The fourth-order valence-corrected chi connectivity index (χ4v) is 1.32. The Bertz CT molecular complexity index is 368. The lowest BCUT2D eigenvalue weighted by Crippen LogP contribution is -2.24. The van der Waals surface area contributed by atoms with Gasteiger partial charge in [-0.25, -0.2) is 4.98 Å². The molecule has 1 aromatic rings. The third kappa shape index (κ3) is 3.49. The lowest BCUT2D eigenvalue weighted by molar-refractivity contribution is -0.123. The maximum atomic E-state index is 11.2. The van der Waals surface area contributed by atoms with Crippen LogP contribution in [0.4, 0.5) is 5.69 Å². The zero-order valence-corrected chi connectivity index (χ0v) is 9.91. The van der Waals surface area contributed by atoms with Crippen LogP contribution in [0.1, 0.15) is 6.92 Å². The molecule has 0 unspecified atom stereocenters. The topological polar surface area (TPSA) is 71.5 Å². The van der Waals surface area contributed by atoms with E-state index in [1.807, 2.05) is 0 Å². The number of pyridine rings is 1. The van der Waals surface area contributed by atoms with Crippen LogP contribution in [-0.4, -0.2) is 29.2 Å². The number of aliphatic hydroxyl groups is 1. The zero-order valence-electron chi connectivity index (χ0n) is 8.32. The Balaban J connectivity index is 2.85. The third-order valence-corrected chi connectivity index (χ3v) is 2.03. The van der Waals surface area contributed by atoms with E-state index in [1.54, 1.807) is 12.1 Å². The van der Waals surface area contributed by atoms with Crippen molar-refractivity contribution in [1.82, 2.24) is 4.98 Å². The van der Waals surface area contributed by atoms with E-state index in [-0.39, 0.29) is 0 Å². The SMILES string of the molecule is COc1cc(NC(=O)[C@H](C)O)cc(Br)n1. The number of hydrogen-bond acceptors (Lipinski definition) is 4. The number of carbonyl (C=O) groups excluding carboxylic acids is 1. The van der Waals surface area contributed by atoms with E-state index in [1.165, 1.54) is 14.0 Å². The monoisotopic (exact) mass is 274 g/mol. The highest BCUT2D eigenvalue weighted by Gasteiger charge is 2.10. The number of carbonyl (C=O) groups is 1. The summed E-state index contributed by atoms with van der Waals surface area (Å²) in [5.74, 6) is -0.0968. The Labute approximate surface area is 95.6 Å². The number of ether oxygens (including phenoxy) is 1.